The summed E-state index contributed by atoms with van der Waals surface area (Å²) in [5.41, 5.74) is 2.22. The molecule has 14 heavy (non-hydrogen) atoms. The number of anilines is 1. The molecule has 0 saturated heterocycles. The molecule has 0 amide bonds. The molecule has 9 heteroatoms. The highest BCUT2D eigenvalue weighted by Gasteiger charge is 2.27. The van der Waals surface area contributed by atoms with Gasteiger partial charge < -0.3 is 4.74 Å². The molecule has 1 aromatic heterocycles. The van der Waals surface area contributed by atoms with Crippen molar-refractivity contribution in [2.24, 2.45) is 5.84 Å². The fourth-order valence-corrected chi connectivity index (χ4v) is 1.21. The van der Waals surface area contributed by atoms with E-state index in [2.05, 4.69) is 20.4 Å². The van der Waals surface area contributed by atoms with Crippen molar-refractivity contribution in [2.45, 2.75) is 12.8 Å². The lowest BCUT2D eigenvalue weighted by atomic mass is 10.7. The van der Waals surface area contributed by atoms with Crippen LogP contribution in [0.5, 0.6) is 0 Å². The zero-order chi connectivity index (χ0) is 10.6. The fraction of sp³-hybridized carbons (Fsp3) is 0.600. The molecule has 1 aromatic rings. The second-order valence-electron chi connectivity index (χ2n) is 2.25. The average Bonchev–Trinajstić information content (AvgIpc) is 2.50. The van der Waals surface area contributed by atoms with E-state index in [0.29, 0.717) is 10.1 Å². The zero-order valence-corrected chi connectivity index (χ0v) is 7.65. The van der Waals surface area contributed by atoms with Gasteiger partial charge in [-0.1, -0.05) is 11.3 Å². The van der Waals surface area contributed by atoms with E-state index in [1.807, 2.05) is 0 Å². The molecule has 5 nitrogen and oxygen atoms in total. The molecule has 0 atom stereocenters. The van der Waals surface area contributed by atoms with Crippen LogP contribution in [0.2, 0.25) is 0 Å². The van der Waals surface area contributed by atoms with Crippen LogP contribution in [-0.2, 0) is 11.3 Å². The third-order valence-corrected chi connectivity index (χ3v) is 1.91. The van der Waals surface area contributed by atoms with Crippen LogP contribution in [0.3, 0.4) is 0 Å². The number of rotatable bonds is 4. The summed E-state index contributed by atoms with van der Waals surface area (Å²) in [4.78, 5) is 0. The monoisotopic (exact) mass is 228 g/mol. The minimum atomic E-state index is -4.32. The lowest BCUT2D eigenvalue weighted by Crippen LogP contribution is -2.16. The summed E-state index contributed by atoms with van der Waals surface area (Å²) >= 11 is 1.03. The van der Waals surface area contributed by atoms with E-state index >= 15 is 0 Å². The zero-order valence-electron chi connectivity index (χ0n) is 6.84. The summed E-state index contributed by atoms with van der Waals surface area (Å²) in [6.45, 7) is -1.52. The molecule has 0 unspecified atom stereocenters. The van der Waals surface area contributed by atoms with Crippen molar-refractivity contribution >= 4 is 16.5 Å². The van der Waals surface area contributed by atoms with Crippen LogP contribution in [0.1, 0.15) is 5.01 Å². The van der Waals surface area contributed by atoms with Gasteiger partial charge in [0.2, 0.25) is 5.13 Å². The first-order valence-electron chi connectivity index (χ1n) is 3.45. The van der Waals surface area contributed by atoms with Crippen molar-refractivity contribution in [3.63, 3.8) is 0 Å². The van der Waals surface area contributed by atoms with Crippen LogP contribution >= 0.6 is 11.3 Å². The van der Waals surface area contributed by atoms with Crippen LogP contribution in [0.4, 0.5) is 18.3 Å². The minimum Gasteiger partial charge on any atom is -0.365 e. The Kier molecular flexibility index (Phi) is 3.61. The van der Waals surface area contributed by atoms with Gasteiger partial charge in [0.1, 0.15) is 18.2 Å². The summed E-state index contributed by atoms with van der Waals surface area (Å²) in [6.07, 6.45) is -4.32. The van der Waals surface area contributed by atoms with Crippen molar-refractivity contribution < 1.29 is 17.9 Å². The quantitative estimate of drug-likeness (QED) is 0.591. The van der Waals surface area contributed by atoms with Crippen LogP contribution < -0.4 is 11.3 Å². The molecule has 0 bridgehead atoms. The first-order valence-corrected chi connectivity index (χ1v) is 4.26. The number of nitrogens with one attached hydrogen (secondary N) is 1. The van der Waals surface area contributed by atoms with Crippen molar-refractivity contribution in [1.29, 1.82) is 0 Å². The third kappa shape index (κ3) is 3.85. The van der Waals surface area contributed by atoms with Crippen molar-refractivity contribution in [3.8, 4) is 0 Å². The van der Waals surface area contributed by atoms with Gasteiger partial charge in [-0.3, -0.25) is 5.43 Å². The normalized spacial score (nSPS) is 11.7. The number of alkyl halides is 3. The van der Waals surface area contributed by atoms with Crippen molar-refractivity contribution in [1.82, 2.24) is 10.2 Å². The van der Waals surface area contributed by atoms with Crippen LogP contribution in [0.15, 0.2) is 0 Å². The highest BCUT2D eigenvalue weighted by molar-refractivity contribution is 7.15. The van der Waals surface area contributed by atoms with Crippen LogP contribution in [0.25, 0.3) is 0 Å². The standard InChI is InChI=1S/C5H7F3N4OS/c6-5(7,8)2-13-1-3-11-12-4(10-9)14-3/h1-2,9H2,(H,10,12). The summed E-state index contributed by atoms with van der Waals surface area (Å²) in [5, 5.41) is 7.73. The van der Waals surface area contributed by atoms with Gasteiger partial charge in [0.25, 0.3) is 0 Å². The van der Waals surface area contributed by atoms with E-state index in [0.717, 1.165) is 11.3 Å². The number of halogens is 3. The molecule has 0 aliphatic carbocycles. The van der Waals surface area contributed by atoms with Gasteiger partial charge in [-0.2, -0.15) is 13.2 Å². The highest BCUT2D eigenvalue weighted by Crippen LogP contribution is 2.18. The summed E-state index contributed by atoms with van der Waals surface area (Å²) < 4.78 is 39.3. The Morgan fingerprint density at radius 1 is 1.43 bits per heavy atom. The van der Waals surface area contributed by atoms with E-state index in [4.69, 9.17) is 5.84 Å². The SMILES string of the molecule is NNc1nnc(COCC(F)(F)F)s1. The fourth-order valence-electron chi connectivity index (χ4n) is 0.624. The molecule has 0 fully saturated rings. The maximum absolute atomic E-state index is 11.6. The largest absolute Gasteiger partial charge is 0.411 e. The van der Waals surface area contributed by atoms with Crippen molar-refractivity contribution in [3.05, 3.63) is 5.01 Å². The third-order valence-electron chi connectivity index (χ3n) is 1.08. The second-order valence-corrected chi connectivity index (χ2v) is 3.32. The Balaban J connectivity index is 2.31. The van der Waals surface area contributed by atoms with Gasteiger partial charge in [-0.15, -0.1) is 10.2 Å². The topological polar surface area (TPSA) is 73.1 Å². The van der Waals surface area contributed by atoms with Gasteiger partial charge in [-0.05, 0) is 0 Å². The molecular weight excluding hydrogens is 221 g/mol. The molecule has 0 spiro atoms. The Bertz CT molecular complexity index is 289. The lowest BCUT2D eigenvalue weighted by Gasteiger charge is -2.04. The lowest BCUT2D eigenvalue weighted by molar-refractivity contribution is -0.176. The minimum absolute atomic E-state index is 0.223. The van der Waals surface area contributed by atoms with E-state index in [1.54, 1.807) is 0 Å². The van der Waals surface area contributed by atoms with Gasteiger partial charge in [0.15, 0.2) is 0 Å². The number of ether oxygens (including phenoxy) is 1. The summed E-state index contributed by atoms with van der Waals surface area (Å²) in [7, 11) is 0. The smallest absolute Gasteiger partial charge is 0.365 e. The molecule has 1 rings (SSSR count). The number of hydrazine groups is 1. The molecular formula is C5H7F3N4OS. The Morgan fingerprint density at radius 2 is 2.14 bits per heavy atom. The van der Waals surface area contributed by atoms with Crippen LogP contribution in [-0.4, -0.2) is 23.0 Å². The van der Waals surface area contributed by atoms with E-state index in [-0.39, 0.29) is 6.61 Å². The van der Waals surface area contributed by atoms with E-state index in [9.17, 15) is 13.2 Å². The molecule has 3 N–H and O–H groups in total. The number of hydrogen-bond acceptors (Lipinski definition) is 6. The maximum atomic E-state index is 11.6. The Hall–Kier alpha value is -0.930. The molecule has 0 radical (unpaired) electrons. The molecule has 0 saturated carbocycles. The molecule has 1 heterocycles. The number of hydrogen-bond donors (Lipinski definition) is 2. The van der Waals surface area contributed by atoms with Crippen molar-refractivity contribution in [2.75, 3.05) is 12.0 Å². The molecule has 80 valence electrons. The van der Waals surface area contributed by atoms with Gasteiger partial charge in [-0.25, -0.2) is 5.84 Å². The van der Waals surface area contributed by atoms with Gasteiger partial charge >= 0.3 is 6.18 Å². The number of nitrogens with zero attached hydrogens (tertiary/aromatic N) is 2. The molecule has 0 aliphatic rings. The first-order chi connectivity index (χ1) is 6.51. The average molecular weight is 228 g/mol. The highest BCUT2D eigenvalue weighted by atomic mass is 32.1. The first kappa shape index (κ1) is 11.1. The molecule has 0 aliphatic heterocycles. The predicted octanol–water partition coefficient (Wildman–Crippen LogP) is 0.903. The Labute approximate surface area is 81.0 Å². The summed E-state index contributed by atoms with van der Waals surface area (Å²) in [6, 6.07) is 0. The van der Waals surface area contributed by atoms with E-state index in [1.165, 1.54) is 0 Å². The number of nitrogens with two attached hydrogens (primary N) is 1. The van der Waals surface area contributed by atoms with Gasteiger partial charge in [0.05, 0.1) is 0 Å². The number of aromatic nitrogens is 2. The van der Waals surface area contributed by atoms with Crippen LogP contribution in [0, 0.1) is 0 Å². The summed E-state index contributed by atoms with van der Waals surface area (Å²) in [5.74, 6) is 5.00. The molecule has 0 aromatic carbocycles. The number of nitrogen functional groups attached to an aromatic ring is 1. The maximum Gasteiger partial charge on any atom is 0.411 e. The Morgan fingerprint density at radius 3 is 2.64 bits per heavy atom. The van der Waals surface area contributed by atoms with Gasteiger partial charge in [0, 0.05) is 0 Å². The van der Waals surface area contributed by atoms with E-state index < -0.39 is 12.8 Å². The predicted molar refractivity (Wildman–Crippen MR) is 43.4 cm³/mol. The second kappa shape index (κ2) is 4.53.